The first-order valence-electron chi connectivity index (χ1n) is 22.8. The number of benzene rings is 6. The Balaban J connectivity index is 1.16. The molecule has 3 saturated heterocycles. The summed E-state index contributed by atoms with van der Waals surface area (Å²) in [5.41, 5.74) is 1.34. The highest BCUT2D eigenvalue weighted by Crippen LogP contribution is 2.40. The van der Waals surface area contributed by atoms with Crippen molar-refractivity contribution in [3.8, 4) is 0 Å². The Morgan fingerprint density at radius 3 is 1.28 bits per heavy atom. The first kappa shape index (κ1) is 48.5. The number of carbonyl (C=O) groups excluding carboxylic acids is 5. The minimum atomic E-state index is -1.82. The van der Waals surface area contributed by atoms with Crippen LogP contribution >= 0.6 is 0 Å². The fourth-order valence-electron chi connectivity index (χ4n) is 8.35. The van der Waals surface area contributed by atoms with Crippen molar-refractivity contribution < 1.29 is 76.1 Å². The number of methoxy groups -OCH3 is 1. The van der Waals surface area contributed by atoms with E-state index in [0.717, 1.165) is 0 Å². The van der Waals surface area contributed by atoms with Gasteiger partial charge >= 0.3 is 29.8 Å². The highest BCUT2D eigenvalue weighted by Gasteiger charge is 2.59. The molecule has 3 aliphatic rings. The van der Waals surface area contributed by atoms with E-state index in [0.29, 0.717) is 5.56 Å². The number of carbonyl (C=O) groups is 5. The van der Waals surface area contributed by atoms with Crippen molar-refractivity contribution in [2.24, 2.45) is 0 Å². The molecular formula is C55H48O16. The van der Waals surface area contributed by atoms with Crippen LogP contribution in [-0.2, 0) is 52.1 Å². The third-order valence-corrected chi connectivity index (χ3v) is 11.9. The third-order valence-electron chi connectivity index (χ3n) is 11.9. The summed E-state index contributed by atoms with van der Waals surface area (Å²) in [6, 6.07) is 49.4. The summed E-state index contributed by atoms with van der Waals surface area (Å²) in [6.45, 7) is -0.666. The molecule has 0 radical (unpaired) electrons. The van der Waals surface area contributed by atoms with Gasteiger partial charge < -0.3 is 52.1 Å². The van der Waals surface area contributed by atoms with Gasteiger partial charge in [-0.05, 0) is 60.7 Å². The highest BCUT2D eigenvalue weighted by molar-refractivity contribution is 5.92. The molecule has 11 atom stereocenters. The summed E-state index contributed by atoms with van der Waals surface area (Å²) in [4.78, 5) is 70.4. The van der Waals surface area contributed by atoms with Gasteiger partial charge in [-0.25, -0.2) is 24.0 Å². The first-order valence-corrected chi connectivity index (χ1v) is 22.8. The van der Waals surface area contributed by atoms with Crippen molar-refractivity contribution in [2.45, 2.75) is 67.7 Å². The predicted octanol–water partition coefficient (Wildman–Crippen LogP) is 7.34. The molecule has 16 heteroatoms. The quantitative estimate of drug-likeness (QED) is 0.0734. The van der Waals surface area contributed by atoms with Crippen molar-refractivity contribution in [3.63, 3.8) is 0 Å². The van der Waals surface area contributed by atoms with E-state index in [9.17, 15) is 24.0 Å². The molecule has 71 heavy (non-hydrogen) atoms. The topological polar surface area (TPSA) is 187 Å². The minimum absolute atomic E-state index is 0.0475. The smallest absolute Gasteiger partial charge is 0.338 e. The van der Waals surface area contributed by atoms with Crippen molar-refractivity contribution >= 4 is 29.8 Å². The van der Waals surface area contributed by atoms with Crippen LogP contribution in [0.25, 0.3) is 0 Å². The molecule has 0 amide bonds. The van der Waals surface area contributed by atoms with Crippen LogP contribution in [0.5, 0.6) is 0 Å². The van der Waals surface area contributed by atoms with Crippen molar-refractivity contribution in [1.29, 1.82) is 0 Å². The maximum atomic E-state index is 14.3. The van der Waals surface area contributed by atoms with Gasteiger partial charge in [0.2, 0.25) is 0 Å². The van der Waals surface area contributed by atoms with E-state index < -0.39 is 104 Å². The number of hydrogen-bond donors (Lipinski definition) is 0. The van der Waals surface area contributed by atoms with Gasteiger partial charge in [0.1, 0.15) is 31.0 Å². The Kier molecular flexibility index (Phi) is 15.6. The van der Waals surface area contributed by atoms with Crippen molar-refractivity contribution in [1.82, 2.24) is 0 Å². The molecule has 9 rings (SSSR count). The zero-order chi connectivity index (χ0) is 49.1. The van der Waals surface area contributed by atoms with E-state index in [4.69, 9.17) is 52.1 Å². The monoisotopic (exact) mass is 964 g/mol. The summed E-state index contributed by atoms with van der Waals surface area (Å²) < 4.78 is 69.6. The molecule has 364 valence electrons. The summed E-state index contributed by atoms with van der Waals surface area (Å²) in [5.74, 6) is -4.23. The molecule has 3 fully saturated rings. The molecule has 7 unspecified atom stereocenters. The summed E-state index contributed by atoms with van der Waals surface area (Å²) in [6.07, 6.45) is -15.7. The Bertz CT molecular complexity index is 2710. The molecular weight excluding hydrogens is 917 g/mol. The maximum absolute atomic E-state index is 14.3. The van der Waals surface area contributed by atoms with Crippen LogP contribution in [0.3, 0.4) is 0 Å². The SMILES string of the molecule is CO[C@H]1OC2COC(c3ccccc3)O[C@H]2C(O[C@@H]2OC(COC(=O)c3ccccc3)[C@@H](OC(=O)c3ccccc3)C(OC(=O)c3ccccc3)C2OC(=O)c2ccccc2)C1OC(=O)c1ccccc1. The second-order valence-corrected chi connectivity index (χ2v) is 16.5. The van der Waals surface area contributed by atoms with E-state index in [1.54, 1.807) is 115 Å². The average molecular weight is 965 g/mol. The van der Waals surface area contributed by atoms with Gasteiger partial charge in [0, 0.05) is 12.7 Å². The lowest BCUT2D eigenvalue weighted by molar-refractivity contribution is -0.388. The second-order valence-electron chi connectivity index (χ2n) is 16.5. The molecule has 3 heterocycles. The molecule has 3 aliphatic heterocycles. The molecule has 0 N–H and O–H groups in total. The summed E-state index contributed by atoms with van der Waals surface area (Å²) in [5, 5.41) is 0. The Morgan fingerprint density at radius 1 is 0.437 bits per heavy atom. The van der Waals surface area contributed by atoms with Gasteiger partial charge in [-0.2, -0.15) is 0 Å². The number of fused-ring (bicyclic) bond motifs is 1. The van der Waals surface area contributed by atoms with Gasteiger partial charge in [0.05, 0.1) is 34.4 Å². The van der Waals surface area contributed by atoms with Gasteiger partial charge in [-0.1, -0.05) is 121 Å². The molecule has 0 spiro atoms. The Morgan fingerprint density at radius 2 is 0.831 bits per heavy atom. The van der Waals surface area contributed by atoms with E-state index in [-0.39, 0.29) is 34.4 Å². The van der Waals surface area contributed by atoms with Gasteiger partial charge in [-0.3, -0.25) is 0 Å². The zero-order valence-electron chi connectivity index (χ0n) is 38.1. The lowest BCUT2D eigenvalue weighted by atomic mass is 9.95. The van der Waals surface area contributed by atoms with E-state index >= 15 is 0 Å². The van der Waals surface area contributed by atoms with E-state index in [1.807, 2.05) is 30.3 Å². The lowest BCUT2D eigenvalue weighted by Gasteiger charge is -2.50. The van der Waals surface area contributed by atoms with Crippen LogP contribution in [-0.4, -0.2) is 112 Å². The zero-order valence-corrected chi connectivity index (χ0v) is 38.1. The Hall–Kier alpha value is -7.57. The predicted molar refractivity (Wildman–Crippen MR) is 249 cm³/mol. The normalized spacial score (nSPS) is 25.8. The third kappa shape index (κ3) is 11.6. The van der Waals surface area contributed by atoms with Crippen LogP contribution in [0, 0.1) is 0 Å². The van der Waals surface area contributed by atoms with Crippen LogP contribution < -0.4 is 0 Å². The maximum Gasteiger partial charge on any atom is 0.338 e. The number of hydrogen-bond acceptors (Lipinski definition) is 16. The molecule has 0 bridgehead atoms. The fraction of sp³-hybridized carbons (Fsp3) is 0.255. The van der Waals surface area contributed by atoms with Crippen LogP contribution in [0.15, 0.2) is 182 Å². The fourth-order valence-corrected chi connectivity index (χ4v) is 8.35. The second kappa shape index (κ2) is 22.9. The van der Waals surface area contributed by atoms with Crippen molar-refractivity contribution in [3.05, 3.63) is 215 Å². The Labute approximate surface area is 408 Å². The first-order chi connectivity index (χ1) is 34.7. The lowest BCUT2D eigenvalue weighted by Crippen LogP contribution is -2.68. The summed E-state index contributed by atoms with van der Waals surface area (Å²) >= 11 is 0. The van der Waals surface area contributed by atoms with E-state index in [2.05, 4.69) is 0 Å². The van der Waals surface area contributed by atoms with Gasteiger partial charge in [0.15, 0.2) is 43.3 Å². The molecule has 0 aromatic heterocycles. The summed E-state index contributed by atoms with van der Waals surface area (Å²) in [7, 11) is 1.35. The molecule has 0 aliphatic carbocycles. The number of rotatable bonds is 15. The minimum Gasteiger partial charge on any atom is -0.459 e. The van der Waals surface area contributed by atoms with Crippen LogP contribution in [0.1, 0.15) is 63.6 Å². The number of esters is 5. The standard InChI is InChI=1S/C55H48O16/c1-61-54-46(68-51(59)37-26-14-5-15-27-37)45(43-41(64-54)33-63-53(70-43)39-30-18-7-19-31-39)71-55-47(69-52(60)38-28-16-6-17-29-38)44(67-50(58)36-24-12-4-13-25-36)42(66-49(57)35-22-10-3-11-23-35)40(65-55)32-62-48(56)34-20-8-2-9-21-34/h2-31,40-47,53-55H,32-33H2,1H3/t40?,41?,42-,43-,44?,45?,46?,47?,53?,54+,55+/m1/s1. The highest BCUT2D eigenvalue weighted by atomic mass is 16.8. The average Bonchev–Trinajstić information content (AvgIpc) is 3.43. The largest absolute Gasteiger partial charge is 0.459 e. The molecule has 16 nitrogen and oxygen atoms in total. The van der Waals surface area contributed by atoms with Crippen molar-refractivity contribution in [2.75, 3.05) is 20.3 Å². The molecule has 6 aromatic rings. The molecule has 6 aromatic carbocycles. The molecule has 0 saturated carbocycles. The van der Waals surface area contributed by atoms with Crippen LogP contribution in [0.4, 0.5) is 0 Å². The van der Waals surface area contributed by atoms with Crippen LogP contribution in [0.2, 0.25) is 0 Å². The number of ether oxygens (including phenoxy) is 11. The van der Waals surface area contributed by atoms with Gasteiger partial charge in [0.25, 0.3) is 0 Å². The van der Waals surface area contributed by atoms with E-state index in [1.165, 1.54) is 43.5 Å². The van der Waals surface area contributed by atoms with Gasteiger partial charge in [-0.15, -0.1) is 0 Å².